The first kappa shape index (κ1) is 15.7. The van der Waals surface area contributed by atoms with E-state index in [-0.39, 0.29) is 37.1 Å². The van der Waals surface area contributed by atoms with Crippen LogP contribution in [0.25, 0.3) is 0 Å². The van der Waals surface area contributed by atoms with Gasteiger partial charge >= 0.3 is 0 Å². The van der Waals surface area contributed by atoms with Gasteiger partial charge < -0.3 is 4.90 Å². The molecule has 8 nitrogen and oxygen atoms in total. The molecule has 3 rings (SSSR count). The van der Waals surface area contributed by atoms with Gasteiger partial charge in [0.05, 0.1) is 6.54 Å². The first-order chi connectivity index (χ1) is 11.1. The number of rotatable bonds is 5. The van der Waals surface area contributed by atoms with Crippen molar-refractivity contribution in [2.75, 3.05) is 39.3 Å². The Morgan fingerprint density at radius 2 is 1.74 bits per heavy atom. The molecule has 8 heteroatoms. The van der Waals surface area contributed by atoms with Crippen LogP contribution in [0.4, 0.5) is 0 Å². The molecular weight excluding hydrogens is 298 g/mol. The fraction of sp³-hybridized carbons (Fsp3) is 0.600. The molecule has 0 aliphatic carbocycles. The van der Waals surface area contributed by atoms with Gasteiger partial charge in [-0.3, -0.25) is 28.9 Å². The Morgan fingerprint density at radius 3 is 2.35 bits per heavy atom. The van der Waals surface area contributed by atoms with Crippen molar-refractivity contribution in [1.29, 1.82) is 0 Å². The molecule has 2 aliphatic rings. The molecule has 0 bridgehead atoms. The van der Waals surface area contributed by atoms with Crippen LogP contribution in [0.2, 0.25) is 0 Å². The van der Waals surface area contributed by atoms with Crippen LogP contribution in [0, 0.1) is 0 Å². The van der Waals surface area contributed by atoms with E-state index in [0.29, 0.717) is 13.1 Å². The van der Waals surface area contributed by atoms with Crippen molar-refractivity contribution in [3.05, 3.63) is 18.5 Å². The maximum absolute atomic E-state index is 12.2. The summed E-state index contributed by atoms with van der Waals surface area (Å²) < 4.78 is 1.89. The van der Waals surface area contributed by atoms with Crippen LogP contribution in [0.5, 0.6) is 0 Å². The predicted octanol–water partition coefficient (Wildman–Crippen LogP) is -0.824. The van der Waals surface area contributed by atoms with Crippen molar-refractivity contribution in [1.82, 2.24) is 24.5 Å². The Hall–Kier alpha value is -2.22. The van der Waals surface area contributed by atoms with Gasteiger partial charge in [-0.1, -0.05) is 0 Å². The molecule has 2 fully saturated rings. The van der Waals surface area contributed by atoms with Gasteiger partial charge in [0.2, 0.25) is 17.7 Å². The van der Waals surface area contributed by atoms with Crippen LogP contribution in [0.1, 0.15) is 12.8 Å². The smallest absolute Gasteiger partial charge is 0.242 e. The van der Waals surface area contributed by atoms with Gasteiger partial charge in [-0.25, -0.2) is 0 Å². The number of imide groups is 1. The Kier molecular flexibility index (Phi) is 4.71. The second-order valence-electron chi connectivity index (χ2n) is 5.87. The Bertz CT molecular complexity index is 562. The SMILES string of the molecule is O=C(CN1C(=O)CCC1=O)N1CCN(CCn2cccn2)CC1. The monoisotopic (exact) mass is 319 g/mol. The number of likely N-dealkylation sites (tertiary alicyclic amines) is 1. The number of aromatic nitrogens is 2. The minimum absolute atomic E-state index is 0.106. The van der Waals surface area contributed by atoms with Crippen LogP contribution in [-0.4, -0.2) is 81.5 Å². The first-order valence-corrected chi connectivity index (χ1v) is 7.94. The first-order valence-electron chi connectivity index (χ1n) is 7.94. The molecule has 0 N–H and O–H groups in total. The molecule has 23 heavy (non-hydrogen) atoms. The summed E-state index contributed by atoms with van der Waals surface area (Å²) in [5.41, 5.74) is 0. The molecular formula is C15H21N5O3. The number of nitrogens with zero attached hydrogens (tertiary/aromatic N) is 5. The van der Waals surface area contributed by atoms with E-state index in [2.05, 4.69) is 10.00 Å². The Labute approximate surface area is 134 Å². The summed E-state index contributed by atoms with van der Waals surface area (Å²) in [7, 11) is 0. The second-order valence-corrected chi connectivity index (χ2v) is 5.87. The zero-order valence-electron chi connectivity index (χ0n) is 13.1. The number of carbonyl (C=O) groups excluding carboxylic acids is 3. The summed E-state index contributed by atoms with van der Waals surface area (Å²) in [5, 5.41) is 4.17. The quantitative estimate of drug-likeness (QED) is 0.662. The number of amides is 3. The lowest BCUT2D eigenvalue weighted by molar-refractivity contribution is -0.146. The Balaban J connectivity index is 1.42. The standard InChI is InChI=1S/C15H21N5O3/c21-13-2-3-14(22)20(13)12-15(23)18-9-6-17(7-10-18)8-11-19-5-1-4-16-19/h1,4-5H,2-3,6-12H2. The van der Waals surface area contributed by atoms with Crippen molar-refractivity contribution < 1.29 is 14.4 Å². The van der Waals surface area contributed by atoms with E-state index < -0.39 is 0 Å². The molecule has 0 aromatic carbocycles. The van der Waals surface area contributed by atoms with E-state index in [1.807, 2.05) is 16.9 Å². The maximum atomic E-state index is 12.2. The lowest BCUT2D eigenvalue weighted by atomic mass is 10.3. The van der Waals surface area contributed by atoms with Crippen LogP contribution < -0.4 is 0 Å². The summed E-state index contributed by atoms with van der Waals surface area (Å²) in [5.74, 6) is -0.609. The van der Waals surface area contributed by atoms with E-state index in [1.165, 1.54) is 0 Å². The number of piperazine rings is 1. The van der Waals surface area contributed by atoms with Crippen molar-refractivity contribution in [2.24, 2.45) is 0 Å². The highest BCUT2D eigenvalue weighted by molar-refractivity contribution is 6.04. The van der Waals surface area contributed by atoms with E-state index in [9.17, 15) is 14.4 Å². The molecule has 0 radical (unpaired) electrons. The molecule has 0 spiro atoms. The van der Waals surface area contributed by atoms with E-state index in [4.69, 9.17) is 0 Å². The maximum Gasteiger partial charge on any atom is 0.242 e. The molecule has 0 atom stereocenters. The van der Waals surface area contributed by atoms with Crippen LogP contribution in [-0.2, 0) is 20.9 Å². The third-order valence-corrected chi connectivity index (χ3v) is 4.38. The summed E-state index contributed by atoms with van der Waals surface area (Å²) in [4.78, 5) is 40.5. The van der Waals surface area contributed by atoms with Crippen LogP contribution in [0.3, 0.4) is 0 Å². The highest BCUT2D eigenvalue weighted by Crippen LogP contribution is 2.12. The highest BCUT2D eigenvalue weighted by atomic mass is 16.2. The number of hydrogen-bond donors (Lipinski definition) is 0. The minimum atomic E-state index is -0.235. The Morgan fingerprint density at radius 1 is 1.04 bits per heavy atom. The highest BCUT2D eigenvalue weighted by Gasteiger charge is 2.32. The van der Waals surface area contributed by atoms with Gasteiger partial charge in [0.25, 0.3) is 0 Å². The van der Waals surface area contributed by atoms with E-state index >= 15 is 0 Å². The summed E-state index contributed by atoms with van der Waals surface area (Å²) >= 11 is 0. The van der Waals surface area contributed by atoms with Gasteiger partial charge in [-0.15, -0.1) is 0 Å². The summed E-state index contributed by atoms with van der Waals surface area (Å²) in [6.07, 6.45) is 4.15. The van der Waals surface area contributed by atoms with E-state index in [0.717, 1.165) is 31.1 Å². The zero-order valence-corrected chi connectivity index (χ0v) is 13.1. The van der Waals surface area contributed by atoms with Crippen molar-refractivity contribution in [2.45, 2.75) is 19.4 Å². The number of hydrogen-bond acceptors (Lipinski definition) is 5. The molecule has 3 amide bonds. The molecule has 3 heterocycles. The van der Waals surface area contributed by atoms with Gasteiger partial charge in [0.1, 0.15) is 6.54 Å². The fourth-order valence-electron chi connectivity index (χ4n) is 2.93. The minimum Gasteiger partial charge on any atom is -0.339 e. The largest absolute Gasteiger partial charge is 0.339 e. The molecule has 1 aromatic rings. The van der Waals surface area contributed by atoms with E-state index in [1.54, 1.807) is 11.1 Å². The van der Waals surface area contributed by atoms with Gasteiger partial charge in [-0.2, -0.15) is 5.10 Å². The number of carbonyl (C=O) groups is 3. The molecule has 124 valence electrons. The van der Waals surface area contributed by atoms with Crippen molar-refractivity contribution in [3.63, 3.8) is 0 Å². The fourth-order valence-corrected chi connectivity index (χ4v) is 2.93. The predicted molar refractivity (Wildman–Crippen MR) is 81.2 cm³/mol. The topological polar surface area (TPSA) is 78.8 Å². The average Bonchev–Trinajstić information content (AvgIpc) is 3.18. The van der Waals surface area contributed by atoms with Crippen molar-refractivity contribution >= 4 is 17.7 Å². The summed E-state index contributed by atoms with van der Waals surface area (Å²) in [6, 6.07) is 1.90. The molecule has 1 aromatic heterocycles. The van der Waals surface area contributed by atoms with Gasteiger partial charge in [-0.05, 0) is 6.07 Å². The third-order valence-electron chi connectivity index (χ3n) is 4.38. The van der Waals surface area contributed by atoms with Crippen molar-refractivity contribution in [3.8, 4) is 0 Å². The lowest BCUT2D eigenvalue weighted by Gasteiger charge is -2.35. The van der Waals surface area contributed by atoms with Gasteiger partial charge in [0, 0.05) is 58.0 Å². The molecule has 2 aliphatic heterocycles. The molecule has 0 saturated carbocycles. The molecule has 2 saturated heterocycles. The third kappa shape index (κ3) is 3.76. The average molecular weight is 319 g/mol. The summed E-state index contributed by atoms with van der Waals surface area (Å²) in [6.45, 7) is 4.49. The molecule has 0 unspecified atom stereocenters. The van der Waals surface area contributed by atoms with Gasteiger partial charge in [0.15, 0.2) is 0 Å². The zero-order chi connectivity index (χ0) is 16.2. The van der Waals surface area contributed by atoms with Crippen LogP contribution in [0.15, 0.2) is 18.5 Å². The second kappa shape index (κ2) is 6.91. The normalized spacial score (nSPS) is 19.7. The van der Waals surface area contributed by atoms with Crippen LogP contribution >= 0.6 is 0 Å². The lowest BCUT2D eigenvalue weighted by Crippen LogP contribution is -2.52.